The zero-order valence-electron chi connectivity index (χ0n) is 20.5. The van der Waals surface area contributed by atoms with Crippen molar-refractivity contribution < 1.29 is 22.4 Å². The molecule has 0 atom stereocenters. The molecule has 0 saturated carbocycles. The van der Waals surface area contributed by atoms with Gasteiger partial charge in [0.1, 0.15) is 16.4 Å². The number of methoxy groups -OCH3 is 2. The Morgan fingerprint density at radius 1 is 1.06 bits per heavy atom. The van der Waals surface area contributed by atoms with E-state index in [-0.39, 0.29) is 4.90 Å². The lowest BCUT2D eigenvalue weighted by Gasteiger charge is -2.32. The lowest BCUT2D eigenvalue weighted by Crippen LogP contribution is -2.39. The smallest absolute Gasteiger partial charge is 0.244 e. The Morgan fingerprint density at radius 2 is 1.80 bits per heavy atom. The second kappa shape index (κ2) is 11.2. The average Bonchev–Trinajstić information content (AvgIpc) is 3.33. The van der Waals surface area contributed by atoms with Crippen LogP contribution in [0, 0.1) is 12.8 Å². The SMILES string of the molecule is COc1ccc(CCN2CCC(CNS(=O)(=O)c3cc(-c4cc(C)no4)ccc3OC)CC2)cc1. The van der Waals surface area contributed by atoms with Gasteiger partial charge < -0.3 is 18.9 Å². The van der Waals surface area contributed by atoms with Gasteiger partial charge in [0.25, 0.3) is 0 Å². The van der Waals surface area contributed by atoms with E-state index >= 15 is 0 Å². The van der Waals surface area contributed by atoms with E-state index in [1.807, 2.05) is 19.1 Å². The number of ether oxygens (including phenoxy) is 2. The lowest BCUT2D eigenvalue weighted by atomic mass is 9.97. The molecule has 35 heavy (non-hydrogen) atoms. The molecule has 188 valence electrons. The van der Waals surface area contributed by atoms with Crippen LogP contribution in [0.4, 0.5) is 0 Å². The largest absolute Gasteiger partial charge is 0.497 e. The molecule has 4 rings (SSSR count). The zero-order chi connectivity index (χ0) is 24.8. The normalized spacial score (nSPS) is 15.3. The molecule has 3 aromatic rings. The average molecular weight is 500 g/mol. The van der Waals surface area contributed by atoms with Crippen LogP contribution < -0.4 is 14.2 Å². The van der Waals surface area contributed by atoms with Gasteiger partial charge in [-0.25, -0.2) is 13.1 Å². The Balaban J connectivity index is 1.31. The first kappa shape index (κ1) is 25.2. The lowest BCUT2D eigenvalue weighted by molar-refractivity contribution is 0.187. The van der Waals surface area contributed by atoms with Gasteiger partial charge in [0.2, 0.25) is 10.0 Å². The van der Waals surface area contributed by atoms with Crippen molar-refractivity contribution in [2.24, 2.45) is 5.92 Å². The Labute approximate surface area is 207 Å². The van der Waals surface area contributed by atoms with Crippen molar-refractivity contribution in [1.82, 2.24) is 14.8 Å². The number of rotatable bonds is 10. The van der Waals surface area contributed by atoms with Crippen LogP contribution in [0.15, 0.2) is 57.9 Å². The molecule has 2 heterocycles. The first-order valence-electron chi connectivity index (χ1n) is 11.8. The number of hydrogen-bond donors (Lipinski definition) is 1. The van der Waals surface area contributed by atoms with Crippen molar-refractivity contribution in [3.63, 3.8) is 0 Å². The Kier molecular flexibility index (Phi) is 8.10. The number of likely N-dealkylation sites (tertiary alicyclic amines) is 1. The van der Waals surface area contributed by atoms with E-state index in [0.29, 0.717) is 29.5 Å². The van der Waals surface area contributed by atoms with Gasteiger partial charge in [0.15, 0.2) is 5.76 Å². The third-order valence-electron chi connectivity index (χ3n) is 6.51. The number of aromatic nitrogens is 1. The third-order valence-corrected chi connectivity index (χ3v) is 7.96. The van der Waals surface area contributed by atoms with Crippen molar-refractivity contribution >= 4 is 10.0 Å². The second-order valence-electron chi connectivity index (χ2n) is 8.93. The summed E-state index contributed by atoms with van der Waals surface area (Å²) in [5, 5.41) is 3.89. The minimum atomic E-state index is -3.75. The Morgan fingerprint density at radius 3 is 2.43 bits per heavy atom. The van der Waals surface area contributed by atoms with E-state index < -0.39 is 10.0 Å². The predicted molar refractivity (Wildman–Crippen MR) is 134 cm³/mol. The summed E-state index contributed by atoms with van der Waals surface area (Å²) in [5.74, 6) is 1.98. The van der Waals surface area contributed by atoms with E-state index in [9.17, 15) is 8.42 Å². The minimum Gasteiger partial charge on any atom is -0.497 e. The molecule has 0 aliphatic carbocycles. The quantitative estimate of drug-likeness (QED) is 0.452. The first-order valence-corrected chi connectivity index (χ1v) is 13.3. The van der Waals surface area contributed by atoms with Crippen LogP contribution in [0.2, 0.25) is 0 Å². The van der Waals surface area contributed by atoms with Crippen LogP contribution >= 0.6 is 0 Å². The standard InChI is InChI=1S/C26H33N3O5S/c1-19-16-25(34-28-19)22-6-9-24(33-3)26(17-22)35(30,31)27-18-21-11-14-29(15-12-21)13-10-20-4-7-23(32-2)8-5-20/h4-9,16-17,21,27H,10-15,18H2,1-3H3. The number of sulfonamides is 1. The molecule has 8 nitrogen and oxygen atoms in total. The number of hydrogen-bond acceptors (Lipinski definition) is 7. The second-order valence-corrected chi connectivity index (χ2v) is 10.7. The van der Waals surface area contributed by atoms with Crippen molar-refractivity contribution in [3.05, 3.63) is 59.8 Å². The van der Waals surface area contributed by atoms with Gasteiger partial charge in [-0.15, -0.1) is 0 Å². The zero-order valence-corrected chi connectivity index (χ0v) is 21.3. The van der Waals surface area contributed by atoms with Gasteiger partial charge in [0, 0.05) is 24.7 Å². The molecule has 0 bridgehead atoms. The predicted octanol–water partition coefficient (Wildman–Crippen LogP) is 3.90. The third kappa shape index (κ3) is 6.42. The topological polar surface area (TPSA) is 93.9 Å². The summed E-state index contributed by atoms with van der Waals surface area (Å²) in [5.41, 5.74) is 2.66. The monoisotopic (exact) mass is 499 g/mol. The molecule has 0 spiro atoms. The summed E-state index contributed by atoms with van der Waals surface area (Å²) in [7, 11) is -0.613. The maximum absolute atomic E-state index is 13.2. The van der Waals surface area contributed by atoms with Crippen molar-refractivity contribution in [1.29, 1.82) is 0 Å². The number of piperidine rings is 1. The molecule has 0 radical (unpaired) electrons. The number of nitrogens with one attached hydrogen (secondary N) is 1. The van der Waals surface area contributed by atoms with Crippen LogP contribution in [0.1, 0.15) is 24.1 Å². The van der Waals surface area contributed by atoms with Crippen LogP contribution in [-0.4, -0.2) is 58.9 Å². The fourth-order valence-corrected chi connectivity index (χ4v) is 5.65. The van der Waals surface area contributed by atoms with Crippen LogP contribution in [0.3, 0.4) is 0 Å². The molecular formula is C26H33N3O5S. The summed E-state index contributed by atoms with van der Waals surface area (Å²) in [6, 6.07) is 14.9. The summed E-state index contributed by atoms with van der Waals surface area (Å²) in [6.45, 7) is 5.15. The van der Waals surface area contributed by atoms with Gasteiger partial charge in [-0.05, 0) is 81.1 Å². The molecule has 1 fully saturated rings. The molecular weight excluding hydrogens is 466 g/mol. The summed E-state index contributed by atoms with van der Waals surface area (Å²) >= 11 is 0. The molecule has 1 saturated heterocycles. The van der Waals surface area contributed by atoms with Crippen molar-refractivity contribution in [2.75, 3.05) is 40.4 Å². The fraction of sp³-hybridized carbons (Fsp3) is 0.423. The van der Waals surface area contributed by atoms with E-state index in [1.165, 1.54) is 12.7 Å². The number of benzene rings is 2. The van der Waals surface area contributed by atoms with Gasteiger partial charge in [-0.3, -0.25) is 0 Å². The Bertz CT molecular complexity index is 1220. The van der Waals surface area contributed by atoms with Crippen LogP contribution in [-0.2, 0) is 16.4 Å². The van der Waals surface area contributed by atoms with Gasteiger partial charge >= 0.3 is 0 Å². The van der Waals surface area contributed by atoms with Crippen molar-refractivity contribution in [3.8, 4) is 22.8 Å². The Hall–Kier alpha value is -2.88. The van der Waals surface area contributed by atoms with Crippen molar-refractivity contribution in [2.45, 2.75) is 31.1 Å². The van der Waals surface area contributed by atoms with Crippen LogP contribution in [0.5, 0.6) is 11.5 Å². The highest BCUT2D eigenvalue weighted by Crippen LogP contribution is 2.30. The van der Waals surface area contributed by atoms with Gasteiger partial charge in [-0.2, -0.15) is 0 Å². The molecule has 1 aliphatic heterocycles. The van der Waals surface area contributed by atoms with E-state index in [4.69, 9.17) is 14.0 Å². The molecule has 1 N–H and O–H groups in total. The molecule has 0 unspecified atom stereocenters. The maximum atomic E-state index is 13.2. The maximum Gasteiger partial charge on any atom is 0.244 e. The molecule has 2 aromatic carbocycles. The van der Waals surface area contributed by atoms with Gasteiger partial charge in [-0.1, -0.05) is 17.3 Å². The minimum absolute atomic E-state index is 0.100. The number of aryl methyl sites for hydroxylation is 1. The fourth-order valence-electron chi connectivity index (χ4n) is 4.34. The summed E-state index contributed by atoms with van der Waals surface area (Å²) in [4.78, 5) is 2.55. The van der Waals surface area contributed by atoms with Gasteiger partial charge in [0.05, 0.1) is 19.9 Å². The molecule has 0 amide bonds. The highest BCUT2D eigenvalue weighted by molar-refractivity contribution is 7.89. The highest BCUT2D eigenvalue weighted by atomic mass is 32.2. The van der Waals surface area contributed by atoms with Crippen LogP contribution in [0.25, 0.3) is 11.3 Å². The molecule has 1 aliphatic rings. The summed E-state index contributed by atoms with van der Waals surface area (Å²) < 4.78 is 45.0. The number of nitrogens with zero attached hydrogens (tertiary/aromatic N) is 2. The highest BCUT2D eigenvalue weighted by Gasteiger charge is 2.25. The molecule has 1 aromatic heterocycles. The summed E-state index contributed by atoms with van der Waals surface area (Å²) in [6.07, 6.45) is 2.90. The first-order chi connectivity index (χ1) is 16.9. The van der Waals surface area contributed by atoms with E-state index in [1.54, 1.807) is 31.4 Å². The molecule has 9 heteroatoms. The van der Waals surface area contributed by atoms with E-state index in [2.05, 4.69) is 26.9 Å². The van der Waals surface area contributed by atoms with E-state index in [0.717, 1.165) is 50.3 Å².